The van der Waals surface area contributed by atoms with E-state index in [1.807, 2.05) is 21.8 Å². The van der Waals surface area contributed by atoms with Crippen LogP contribution in [0.25, 0.3) is 0 Å². The molecule has 0 saturated carbocycles. The number of aromatic nitrogens is 4. The molecule has 22 heavy (non-hydrogen) atoms. The summed E-state index contributed by atoms with van der Waals surface area (Å²) in [6, 6.07) is 4.80. The zero-order valence-electron chi connectivity index (χ0n) is 12.6. The number of amides is 1. The first kappa shape index (κ1) is 14.5. The number of rotatable bonds is 3. The van der Waals surface area contributed by atoms with E-state index in [1.165, 1.54) is 16.8 Å². The molecule has 3 heterocycles. The Labute approximate surface area is 128 Å². The number of aryl methyl sites for hydroxylation is 1. The molecule has 7 nitrogen and oxygen atoms in total. The number of carbonyl (C=O) groups is 1. The van der Waals surface area contributed by atoms with Gasteiger partial charge < -0.3 is 4.90 Å². The van der Waals surface area contributed by atoms with Crippen molar-refractivity contribution in [3.63, 3.8) is 0 Å². The number of nitrogens with zero attached hydrogens (tertiary/aromatic N) is 5. The molecular formula is C15H19N5O2. The van der Waals surface area contributed by atoms with Crippen LogP contribution in [0.4, 0.5) is 0 Å². The third-order valence-corrected chi connectivity index (χ3v) is 4.09. The van der Waals surface area contributed by atoms with E-state index in [-0.39, 0.29) is 11.5 Å². The minimum absolute atomic E-state index is 0.104. The Balaban J connectivity index is 1.59. The van der Waals surface area contributed by atoms with Gasteiger partial charge in [-0.15, -0.1) is 0 Å². The number of carbonyl (C=O) groups excluding carboxylic acids is 1. The van der Waals surface area contributed by atoms with Gasteiger partial charge in [-0.05, 0) is 30.9 Å². The van der Waals surface area contributed by atoms with Crippen LogP contribution < -0.4 is 5.56 Å². The molecule has 2 aromatic rings. The Kier molecular flexibility index (Phi) is 4.04. The topological polar surface area (TPSA) is 73.0 Å². The molecule has 0 bridgehead atoms. The van der Waals surface area contributed by atoms with Gasteiger partial charge in [0.25, 0.3) is 11.5 Å². The zero-order valence-corrected chi connectivity index (χ0v) is 12.6. The standard InChI is InChI=1S/C15H19N5O2/c1-18-14(21)4-3-13(17-18)15(22)19-9-5-12(6-10-19)11-20-8-2-7-16-20/h2-4,7-8,12H,5-6,9-11H2,1H3. The maximum Gasteiger partial charge on any atom is 0.274 e. The highest BCUT2D eigenvalue weighted by molar-refractivity contribution is 5.92. The van der Waals surface area contributed by atoms with Crippen LogP contribution >= 0.6 is 0 Å². The summed E-state index contributed by atoms with van der Waals surface area (Å²) in [7, 11) is 1.55. The quantitative estimate of drug-likeness (QED) is 0.829. The lowest BCUT2D eigenvalue weighted by Gasteiger charge is -2.31. The molecule has 0 radical (unpaired) electrons. The van der Waals surface area contributed by atoms with Gasteiger partial charge in [0.05, 0.1) is 0 Å². The Morgan fingerprint density at radius 3 is 2.73 bits per heavy atom. The van der Waals surface area contributed by atoms with Gasteiger partial charge in [0.2, 0.25) is 0 Å². The molecule has 1 fully saturated rings. The highest BCUT2D eigenvalue weighted by Crippen LogP contribution is 2.19. The molecule has 1 saturated heterocycles. The average Bonchev–Trinajstić information content (AvgIpc) is 3.03. The van der Waals surface area contributed by atoms with Crippen molar-refractivity contribution in [2.45, 2.75) is 19.4 Å². The van der Waals surface area contributed by atoms with Gasteiger partial charge in [0.1, 0.15) is 5.69 Å². The number of hydrogen-bond donors (Lipinski definition) is 0. The van der Waals surface area contributed by atoms with E-state index in [2.05, 4.69) is 10.2 Å². The van der Waals surface area contributed by atoms with Crippen LogP contribution in [0, 0.1) is 5.92 Å². The summed E-state index contributed by atoms with van der Waals surface area (Å²) in [5.74, 6) is 0.435. The van der Waals surface area contributed by atoms with E-state index in [0.717, 1.165) is 32.5 Å². The minimum Gasteiger partial charge on any atom is -0.337 e. The Morgan fingerprint density at radius 1 is 1.32 bits per heavy atom. The van der Waals surface area contributed by atoms with Crippen molar-refractivity contribution in [3.8, 4) is 0 Å². The van der Waals surface area contributed by atoms with E-state index in [9.17, 15) is 9.59 Å². The summed E-state index contributed by atoms with van der Waals surface area (Å²) < 4.78 is 3.13. The van der Waals surface area contributed by atoms with Crippen LogP contribution in [0.2, 0.25) is 0 Å². The summed E-state index contributed by atoms with van der Waals surface area (Å²) in [5.41, 5.74) is 0.113. The molecule has 1 aliphatic rings. The molecule has 2 aromatic heterocycles. The van der Waals surface area contributed by atoms with E-state index >= 15 is 0 Å². The maximum absolute atomic E-state index is 12.4. The van der Waals surface area contributed by atoms with Crippen molar-refractivity contribution in [1.82, 2.24) is 24.5 Å². The molecule has 0 aromatic carbocycles. The average molecular weight is 301 g/mol. The van der Waals surface area contributed by atoms with Crippen LogP contribution in [0.5, 0.6) is 0 Å². The summed E-state index contributed by atoms with van der Waals surface area (Å²) in [6.07, 6.45) is 5.66. The van der Waals surface area contributed by atoms with Crippen LogP contribution in [0.3, 0.4) is 0 Å². The Morgan fingerprint density at radius 2 is 2.09 bits per heavy atom. The fourth-order valence-electron chi connectivity index (χ4n) is 2.77. The first-order valence-electron chi connectivity index (χ1n) is 7.44. The van der Waals surface area contributed by atoms with Crippen molar-refractivity contribution < 1.29 is 4.79 Å². The lowest BCUT2D eigenvalue weighted by molar-refractivity contribution is 0.0672. The normalized spacial score (nSPS) is 16.0. The molecule has 1 amide bonds. The van der Waals surface area contributed by atoms with Gasteiger partial charge in [-0.2, -0.15) is 10.2 Å². The van der Waals surface area contributed by atoms with Gasteiger partial charge in [0, 0.05) is 45.1 Å². The molecule has 1 aliphatic heterocycles. The van der Waals surface area contributed by atoms with Crippen molar-refractivity contribution >= 4 is 5.91 Å². The third kappa shape index (κ3) is 3.08. The van der Waals surface area contributed by atoms with E-state index in [4.69, 9.17) is 0 Å². The highest BCUT2D eigenvalue weighted by atomic mass is 16.2. The molecule has 0 N–H and O–H groups in total. The Hall–Kier alpha value is -2.44. The second kappa shape index (κ2) is 6.13. The highest BCUT2D eigenvalue weighted by Gasteiger charge is 2.24. The Bertz CT molecular complexity index is 699. The van der Waals surface area contributed by atoms with Crippen molar-refractivity contribution in [2.75, 3.05) is 13.1 Å². The van der Waals surface area contributed by atoms with Crippen LogP contribution in [-0.2, 0) is 13.6 Å². The van der Waals surface area contributed by atoms with Gasteiger partial charge in [-0.25, -0.2) is 4.68 Å². The predicted molar refractivity (Wildman–Crippen MR) is 80.3 cm³/mol. The number of piperidine rings is 1. The summed E-state index contributed by atoms with van der Waals surface area (Å²) >= 11 is 0. The van der Waals surface area contributed by atoms with Crippen molar-refractivity contribution in [1.29, 1.82) is 0 Å². The van der Waals surface area contributed by atoms with Gasteiger partial charge in [0.15, 0.2) is 0 Å². The fourth-order valence-corrected chi connectivity index (χ4v) is 2.77. The number of hydrogen-bond acceptors (Lipinski definition) is 4. The molecule has 0 aliphatic carbocycles. The van der Waals surface area contributed by atoms with Gasteiger partial charge in [-0.1, -0.05) is 0 Å². The molecule has 3 rings (SSSR count). The lowest BCUT2D eigenvalue weighted by Crippen LogP contribution is -2.40. The second-order valence-corrected chi connectivity index (χ2v) is 5.64. The van der Waals surface area contributed by atoms with Crippen molar-refractivity contribution in [2.24, 2.45) is 13.0 Å². The molecular weight excluding hydrogens is 282 g/mol. The summed E-state index contributed by atoms with van der Waals surface area (Å²) in [4.78, 5) is 25.6. The SMILES string of the molecule is Cn1nc(C(=O)N2CCC(Cn3cccn3)CC2)ccc1=O. The summed E-state index contributed by atoms with van der Waals surface area (Å²) in [6.45, 7) is 2.33. The molecule has 0 unspecified atom stereocenters. The smallest absolute Gasteiger partial charge is 0.274 e. The molecule has 7 heteroatoms. The predicted octanol–water partition coefficient (Wildman–Crippen LogP) is 0.529. The minimum atomic E-state index is -0.213. The summed E-state index contributed by atoms with van der Waals surface area (Å²) in [5, 5.41) is 8.25. The lowest BCUT2D eigenvalue weighted by atomic mass is 9.96. The molecule has 0 atom stereocenters. The van der Waals surface area contributed by atoms with Gasteiger partial charge >= 0.3 is 0 Å². The van der Waals surface area contributed by atoms with E-state index in [0.29, 0.717) is 11.6 Å². The molecule has 116 valence electrons. The largest absolute Gasteiger partial charge is 0.337 e. The first-order valence-corrected chi connectivity index (χ1v) is 7.44. The monoisotopic (exact) mass is 301 g/mol. The van der Waals surface area contributed by atoms with Crippen LogP contribution in [-0.4, -0.2) is 43.5 Å². The van der Waals surface area contributed by atoms with Crippen LogP contribution in [0.1, 0.15) is 23.3 Å². The third-order valence-electron chi connectivity index (χ3n) is 4.09. The zero-order chi connectivity index (χ0) is 15.5. The van der Waals surface area contributed by atoms with E-state index in [1.54, 1.807) is 13.2 Å². The second-order valence-electron chi connectivity index (χ2n) is 5.64. The number of likely N-dealkylation sites (tertiary alicyclic amines) is 1. The van der Waals surface area contributed by atoms with E-state index < -0.39 is 0 Å². The first-order chi connectivity index (χ1) is 10.6. The maximum atomic E-state index is 12.4. The molecule has 0 spiro atoms. The van der Waals surface area contributed by atoms with Gasteiger partial charge in [-0.3, -0.25) is 14.3 Å². The van der Waals surface area contributed by atoms with Crippen LogP contribution in [0.15, 0.2) is 35.4 Å². The van der Waals surface area contributed by atoms with Crippen molar-refractivity contribution in [3.05, 3.63) is 46.6 Å². The fraction of sp³-hybridized carbons (Fsp3) is 0.467.